The molecule has 0 fully saturated rings. The Hall–Kier alpha value is -1.09. The van der Waals surface area contributed by atoms with Gasteiger partial charge in [-0.15, -0.1) is 0 Å². The summed E-state index contributed by atoms with van der Waals surface area (Å²) in [5.74, 6) is 0. The third-order valence-electron chi connectivity index (χ3n) is 1.59. The van der Waals surface area contributed by atoms with Gasteiger partial charge in [-0.2, -0.15) is 5.26 Å². The minimum atomic E-state index is 0.456. The van der Waals surface area contributed by atoms with Crippen molar-refractivity contribution >= 4 is 33.5 Å². The maximum Gasteiger partial charge on any atom is 0.141 e. The van der Waals surface area contributed by atoms with Crippen LogP contribution in [0.5, 0.6) is 0 Å². The average molecular weight is 269 g/mol. The van der Waals surface area contributed by atoms with Crippen LogP contribution in [0, 0.1) is 15.0 Å². The summed E-state index contributed by atoms with van der Waals surface area (Å²) >= 11 is 2.19. The fraction of sp³-hybridized carbons (Fsp3) is 0. The van der Waals surface area contributed by atoms with Gasteiger partial charge in [0.05, 0.1) is 15.4 Å². The smallest absolute Gasteiger partial charge is 0.141 e. The largest absolute Gasteiger partial charge is 0.349 e. The van der Waals surface area contributed by atoms with Gasteiger partial charge in [-0.3, -0.25) is 0 Å². The van der Waals surface area contributed by atoms with Crippen LogP contribution in [0.2, 0.25) is 0 Å². The molecule has 2 aromatic heterocycles. The number of hydrogen-bond acceptors (Lipinski definition) is 2. The van der Waals surface area contributed by atoms with E-state index >= 15 is 0 Å². The maximum atomic E-state index is 8.58. The quantitative estimate of drug-likeness (QED) is 0.744. The lowest BCUT2D eigenvalue weighted by Crippen LogP contribution is -1.79. The van der Waals surface area contributed by atoms with E-state index in [9.17, 15) is 0 Å². The van der Waals surface area contributed by atoms with Crippen LogP contribution < -0.4 is 0 Å². The van der Waals surface area contributed by atoms with Crippen LogP contribution in [-0.2, 0) is 0 Å². The molecule has 2 aromatic rings. The van der Waals surface area contributed by atoms with Crippen LogP contribution in [0.4, 0.5) is 0 Å². The first-order chi connectivity index (χ1) is 5.79. The molecule has 0 spiro atoms. The number of aromatic amines is 1. The second-order valence-corrected chi connectivity index (χ2v) is 3.55. The topological polar surface area (TPSA) is 52.5 Å². The molecule has 0 saturated heterocycles. The molecule has 0 bridgehead atoms. The summed E-state index contributed by atoms with van der Waals surface area (Å²) in [4.78, 5) is 7.07. The Labute approximate surface area is 82.6 Å². The van der Waals surface area contributed by atoms with Gasteiger partial charge in [-0.25, -0.2) is 4.98 Å². The third kappa shape index (κ3) is 1.16. The molecule has 0 aliphatic rings. The molecule has 0 amide bonds. The van der Waals surface area contributed by atoms with E-state index in [-0.39, 0.29) is 0 Å². The zero-order valence-corrected chi connectivity index (χ0v) is 8.16. The van der Waals surface area contributed by atoms with Crippen LogP contribution in [0.3, 0.4) is 0 Å². The second kappa shape index (κ2) is 2.75. The van der Waals surface area contributed by atoms with E-state index in [1.165, 1.54) is 0 Å². The van der Waals surface area contributed by atoms with Crippen molar-refractivity contribution in [2.45, 2.75) is 0 Å². The average Bonchev–Trinajstić information content (AvgIpc) is 2.43. The van der Waals surface area contributed by atoms with Crippen LogP contribution in [0.15, 0.2) is 18.3 Å². The molecule has 2 heterocycles. The highest BCUT2D eigenvalue weighted by Gasteiger charge is 1.99. The van der Waals surface area contributed by atoms with E-state index in [4.69, 9.17) is 5.26 Å². The number of pyridine rings is 1. The first-order valence-electron chi connectivity index (χ1n) is 3.34. The number of rotatable bonds is 0. The lowest BCUT2D eigenvalue weighted by atomic mass is 10.3. The van der Waals surface area contributed by atoms with Crippen molar-refractivity contribution in [1.29, 1.82) is 5.26 Å². The number of nitrogens with zero attached hydrogens (tertiary/aromatic N) is 2. The number of aromatic nitrogens is 2. The van der Waals surface area contributed by atoms with Gasteiger partial charge in [0.2, 0.25) is 0 Å². The highest BCUT2D eigenvalue weighted by atomic mass is 127. The highest BCUT2D eigenvalue weighted by molar-refractivity contribution is 14.1. The molecule has 1 N–H and O–H groups in total. The normalized spacial score (nSPS) is 10.0. The Morgan fingerprint density at radius 3 is 3.08 bits per heavy atom. The standard InChI is InChI=1S/C8H4IN3/c9-8-2-5-1-6(3-10)11-4-7(5)12-8/h1-2,4,12H. The molecule has 12 heavy (non-hydrogen) atoms. The van der Waals surface area contributed by atoms with E-state index < -0.39 is 0 Å². The van der Waals surface area contributed by atoms with Crippen molar-refractivity contribution in [3.63, 3.8) is 0 Å². The minimum absolute atomic E-state index is 0.456. The second-order valence-electron chi connectivity index (χ2n) is 2.39. The predicted octanol–water partition coefficient (Wildman–Crippen LogP) is 2.04. The van der Waals surface area contributed by atoms with Crippen LogP contribution >= 0.6 is 22.6 Å². The summed E-state index contributed by atoms with van der Waals surface area (Å²) in [7, 11) is 0. The maximum absolute atomic E-state index is 8.58. The van der Waals surface area contributed by atoms with Crippen LogP contribution in [0.25, 0.3) is 10.9 Å². The zero-order valence-electron chi connectivity index (χ0n) is 6.00. The Bertz CT molecular complexity index is 467. The van der Waals surface area contributed by atoms with Gasteiger partial charge in [0.15, 0.2) is 0 Å². The van der Waals surface area contributed by atoms with Crippen molar-refractivity contribution in [3.05, 3.63) is 27.7 Å². The molecule has 2 rings (SSSR count). The molecule has 0 radical (unpaired) electrons. The molecule has 0 aliphatic heterocycles. The molecule has 3 nitrogen and oxygen atoms in total. The Morgan fingerprint density at radius 1 is 1.50 bits per heavy atom. The summed E-state index contributed by atoms with van der Waals surface area (Å²) in [6, 6.07) is 5.76. The fourth-order valence-corrected chi connectivity index (χ4v) is 1.68. The predicted molar refractivity (Wildman–Crippen MR) is 53.5 cm³/mol. The molecule has 0 aliphatic carbocycles. The number of halogens is 1. The van der Waals surface area contributed by atoms with Gasteiger partial charge >= 0.3 is 0 Å². The summed E-state index contributed by atoms with van der Waals surface area (Å²) in [5, 5.41) is 9.61. The minimum Gasteiger partial charge on any atom is -0.349 e. The lowest BCUT2D eigenvalue weighted by molar-refractivity contribution is 1.27. The first-order valence-corrected chi connectivity index (χ1v) is 4.42. The number of nitrogens with one attached hydrogen (secondary N) is 1. The molecule has 0 unspecified atom stereocenters. The summed E-state index contributed by atoms with van der Waals surface area (Å²) in [5.41, 5.74) is 1.43. The molecule has 0 saturated carbocycles. The van der Waals surface area contributed by atoms with Crippen molar-refractivity contribution in [1.82, 2.24) is 9.97 Å². The van der Waals surface area contributed by atoms with E-state index in [1.807, 2.05) is 12.1 Å². The summed E-state index contributed by atoms with van der Waals surface area (Å²) in [6.45, 7) is 0. The van der Waals surface area contributed by atoms with Crippen molar-refractivity contribution < 1.29 is 0 Å². The monoisotopic (exact) mass is 269 g/mol. The number of H-pyrrole nitrogens is 1. The number of nitriles is 1. The molecule has 0 atom stereocenters. The van der Waals surface area contributed by atoms with Gasteiger partial charge in [-0.05, 0) is 34.7 Å². The van der Waals surface area contributed by atoms with E-state index in [1.54, 1.807) is 12.3 Å². The molecular weight excluding hydrogens is 265 g/mol. The van der Waals surface area contributed by atoms with Gasteiger partial charge < -0.3 is 4.98 Å². The number of hydrogen-bond donors (Lipinski definition) is 1. The molecule has 0 aromatic carbocycles. The summed E-state index contributed by atoms with van der Waals surface area (Å²) in [6.07, 6.45) is 1.68. The number of fused-ring (bicyclic) bond motifs is 1. The SMILES string of the molecule is N#Cc1cc2cc(I)[nH]c2cn1. The fourth-order valence-electron chi connectivity index (χ4n) is 1.06. The first kappa shape index (κ1) is 7.55. The van der Waals surface area contributed by atoms with Crippen molar-refractivity contribution in [2.75, 3.05) is 0 Å². The van der Waals surface area contributed by atoms with Crippen LogP contribution in [0.1, 0.15) is 5.69 Å². The van der Waals surface area contributed by atoms with E-state index in [0.717, 1.165) is 14.6 Å². The van der Waals surface area contributed by atoms with Crippen molar-refractivity contribution in [3.8, 4) is 6.07 Å². The summed E-state index contributed by atoms with van der Waals surface area (Å²) < 4.78 is 1.06. The Morgan fingerprint density at radius 2 is 2.33 bits per heavy atom. The zero-order chi connectivity index (χ0) is 8.55. The van der Waals surface area contributed by atoms with Gasteiger partial charge in [0, 0.05) is 5.39 Å². The highest BCUT2D eigenvalue weighted by Crippen LogP contribution is 2.15. The lowest BCUT2D eigenvalue weighted by Gasteiger charge is -1.87. The Balaban J connectivity index is 2.77. The van der Waals surface area contributed by atoms with Gasteiger partial charge in [0.1, 0.15) is 11.8 Å². The van der Waals surface area contributed by atoms with E-state index in [2.05, 4.69) is 32.6 Å². The van der Waals surface area contributed by atoms with Crippen LogP contribution in [-0.4, -0.2) is 9.97 Å². The van der Waals surface area contributed by atoms with Crippen molar-refractivity contribution in [2.24, 2.45) is 0 Å². The van der Waals surface area contributed by atoms with E-state index in [0.29, 0.717) is 5.69 Å². The van der Waals surface area contributed by atoms with Gasteiger partial charge in [-0.1, -0.05) is 0 Å². The molecule has 4 heteroatoms. The molecular formula is C8H4IN3. The third-order valence-corrected chi connectivity index (χ3v) is 2.17. The Kier molecular flexibility index (Phi) is 1.73. The molecule has 58 valence electrons. The van der Waals surface area contributed by atoms with Gasteiger partial charge in [0.25, 0.3) is 0 Å².